The van der Waals surface area contributed by atoms with Crippen LogP contribution in [0.5, 0.6) is 0 Å². The summed E-state index contributed by atoms with van der Waals surface area (Å²) in [4.78, 5) is 24.6. The first-order valence-electron chi connectivity index (χ1n) is 5.28. The molecule has 5 heteroatoms. The molecular formula is C11H14N2O3. The first-order valence-corrected chi connectivity index (χ1v) is 5.28. The summed E-state index contributed by atoms with van der Waals surface area (Å²) in [5, 5.41) is 2.55. The monoisotopic (exact) mass is 222 g/mol. The molecule has 0 aliphatic carbocycles. The smallest absolute Gasteiger partial charge is 0.242 e. The van der Waals surface area contributed by atoms with Gasteiger partial charge in [-0.2, -0.15) is 0 Å². The van der Waals surface area contributed by atoms with Crippen LogP contribution in [0.3, 0.4) is 0 Å². The number of nitrogens with one attached hydrogen (secondary N) is 1. The highest BCUT2D eigenvalue weighted by Gasteiger charge is 2.30. The first-order chi connectivity index (χ1) is 7.68. The Bertz CT molecular complexity index is 386. The quantitative estimate of drug-likeness (QED) is 0.793. The van der Waals surface area contributed by atoms with E-state index in [9.17, 15) is 9.59 Å². The van der Waals surface area contributed by atoms with Crippen LogP contribution >= 0.6 is 0 Å². The van der Waals surface area contributed by atoms with Crippen LogP contribution in [0.25, 0.3) is 0 Å². The summed E-state index contributed by atoms with van der Waals surface area (Å²) < 4.78 is 5.18. The van der Waals surface area contributed by atoms with Crippen LogP contribution in [-0.4, -0.2) is 35.8 Å². The maximum absolute atomic E-state index is 11.6. The zero-order chi connectivity index (χ0) is 11.5. The topological polar surface area (TPSA) is 62.6 Å². The molecule has 1 unspecified atom stereocenters. The Morgan fingerprint density at radius 2 is 2.38 bits per heavy atom. The van der Waals surface area contributed by atoms with Crippen LogP contribution in [0, 0.1) is 0 Å². The predicted molar refractivity (Wildman–Crippen MR) is 56.6 cm³/mol. The highest BCUT2D eigenvalue weighted by Crippen LogP contribution is 2.08. The lowest BCUT2D eigenvalue weighted by atomic mass is 10.2. The minimum Gasteiger partial charge on any atom is -0.469 e. The highest BCUT2D eigenvalue weighted by molar-refractivity contribution is 5.94. The molecule has 0 radical (unpaired) electrons. The van der Waals surface area contributed by atoms with Crippen molar-refractivity contribution in [3.05, 3.63) is 24.2 Å². The molecule has 1 aliphatic heterocycles. The second-order valence-electron chi connectivity index (χ2n) is 3.81. The summed E-state index contributed by atoms with van der Waals surface area (Å²) in [6.07, 6.45) is 2.24. The molecule has 0 saturated carbocycles. The minimum absolute atomic E-state index is 0.0429. The van der Waals surface area contributed by atoms with Gasteiger partial charge in [0, 0.05) is 13.0 Å². The SMILES string of the molecule is CC1C(=O)NCC(=O)N1CCc1ccco1. The van der Waals surface area contributed by atoms with Gasteiger partial charge in [-0.05, 0) is 19.1 Å². The standard InChI is InChI=1S/C11H14N2O3/c1-8-11(15)12-7-10(14)13(8)5-4-9-3-2-6-16-9/h2-3,6,8H,4-5,7H2,1H3,(H,12,15). The second-order valence-corrected chi connectivity index (χ2v) is 3.81. The van der Waals surface area contributed by atoms with Gasteiger partial charge in [-0.3, -0.25) is 9.59 Å². The van der Waals surface area contributed by atoms with Gasteiger partial charge in [-0.15, -0.1) is 0 Å². The summed E-state index contributed by atoms with van der Waals surface area (Å²) in [6.45, 7) is 2.34. The molecule has 1 aromatic heterocycles. The highest BCUT2D eigenvalue weighted by atomic mass is 16.3. The second kappa shape index (κ2) is 4.38. The third kappa shape index (κ3) is 2.08. The van der Waals surface area contributed by atoms with E-state index in [0.717, 1.165) is 5.76 Å². The number of furan rings is 1. The van der Waals surface area contributed by atoms with Crippen molar-refractivity contribution in [2.75, 3.05) is 13.1 Å². The van der Waals surface area contributed by atoms with Crippen LogP contribution in [0.15, 0.2) is 22.8 Å². The van der Waals surface area contributed by atoms with Gasteiger partial charge in [-0.25, -0.2) is 0 Å². The first kappa shape index (κ1) is 10.7. The van der Waals surface area contributed by atoms with Crippen molar-refractivity contribution in [1.82, 2.24) is 10.2 Å². The van der Waals surface area contributed by atoms with Gasteiger partial charge in [0.15, 0.2) is 0 Å². The Morgan fingerprint density at radius 3 is 3.06 bits per heavy atom. The van der Waals surface area contributed by atoms with Crippen molar-refractivity contribution < 1.29 is 14.0 Å². The van der Waals surface area contributed by atoms with Crippen LogP contribution in [-0.2, 0) is 16.0 Å². The molecule has 0 spiro atoms. The molecule has 5 nitrogen and oxygen atoms in total. The zero-order valence-electron chi connectivity index (χ0n) is 9.10. The lowest BCUT2D eigenvalue weighted by molar-refractivity contribution is -0.144. The van der Waals surface area contributed by atoms with Crippen molar-refractivity contribution in [3.63, 3.8) is 0 Å². The van der Waals surface area contributed by atoms with Crippen LogP contribution < -0.4 is 5.32 Å². The van der Waals surface area contributed by atoms with E-state index in [1.165, 1.54) is 0 Å². The van der Waals surface area contributed by atoms with Gasteiger partial charge in [0.25, 0.3) is 0 Å². The van der Waals surface area contributed by atoms with Gasteiger partial charge in [0.2, 0.25) is 11.8 Å². The number of hydrogen-bond acceptors (Lipinski definition) is 3. The number of rotatable bonds is 3. The molecule has 2 rings (SSSR count). The lowest BCUT2D eigenvalue weighted by Gasteiger charge is -2.32. The number of nitrogens with zero attached hydrogens (tertiary/aromatic N) is 1. The van der Waals surface area contributed by atoms with E-state index in [1.54, 1.807) is 18.1 Å². The molecule has 1 aromatic rings. The van der Waals surface area contributed by atoms with Crippen LogP contribution in [0.4, 0.5) is 0 Å². The molecule has 1 saturated heterocycles. The molecule has 2 amide bonds. The number of hydrogen-bond donors (Lipinski definition) is 1. The Hall–Kier alpha value is -1.78. The Balaban J connectivity index is 1.96. The Labute approximate surface area is 93.4 Å². The van der Waals surface area contributed by atoms with Gasteiger partial charge < -0.3 is 14.6 Å². The maximum atomic E-state index is 11.6. The zero-order valence-corrected chi connectivity index (χ0v) is 9.10. The number of piperazine rings is 1. The lowest BCUT2D eigenvalue weighted by Crippen LogP contribution is -2.57. The van der Waals surface area contributed by atoms with E-state index >= 15 is 0 Å². The van der Waals surface area contributed by atoms with E-state index in [4.69, 9.17) is 4.42 Å². The van der Waals surface area contributed by atoms with E-state index < -0.39 is 6.04 Å². The van der Waals surface area contributed by atoms with E-state index in [0.29, 0.717) is 13.0 Å². The summed E-state index contributed by atoms with van der Waals surface area (Å²) in [5.41, 5.74) is 0. The fourth-order valence-corrected chi connectivity index (χ4v) is 1.77. The molecule has 86 valence electrons. The summed E-state index contributed by atoms with van der Waals surface area (Å²) >= 11 is 0. The van der Waals surface area contributed by atoms with Gasteiger partial charge >= 0.3 is 0 Å². The fraction of sp³-hybridized carbons (Fsp3) is 0.455. The summed E-state index contributed by atoms with van der Waals surface area (Å²) in [6, 6.07) is 3.28. The molecule has 0 bridgehead atoms. The summed E-state index contributed by atoms with van der Waals surface area (Å²) in [5.74, 6) is 0.684. The van der Waals surface area contributed by atoms with Crippen molar-refractivity contribution in [2.45, 2.75) is 19.4 Å². The normalized spacial score (nSPS) is 21.1. The van der Waals surface area contributed by atoms with Gasteiger partial charge in [0.05, 0.1) is 12.8 Å². The molecule has 0 aromatic carbocycles. The maximum Gasteiger partial charge on any atom is 0.242 e. The molecule has 1 fully saturated rings. The molecule has 16 heavy (non-hydrogen) atoms. The molecule has 1 atom stereocenters. The third-order valence-electron chi connectivity index (χ3n) is 2.76. The fourth-order valence-electron chi connectivity index (χ4n) is 1.77. The van der Waals surface area contributed by atoms with Crippen LogP contribution in [0.1, 0.15) is 12.7 Å². The number of amides is 2. The minimum atomic E-state index is -0.392. The molecule has 1 N–H and O–H groups in total. The largest absolute Gasteiger partial charge is 0.469 e. The van der Waals surface area contributed by atoms with Crippen molar-refractivity contribution in [1.29, 1.82) is 0 Å². The van der Waals surface area contributed by atoms with Crippen LogP contribution in [0.2, 0.25) is 0 Å². The summed E-state index contributed by atoms with van der Waals surface area (Å²) in [7, 11) is 0. The van der Waals surface area contributed by atoms with E-state index in [-0.39, 0.29) is 18.4 Å². The van der Waals surface area contributed by atoms with Gasteiger partial charge in [0.1, 0.15) is 11.8 Å². The Morgan fingerprint density at radius 1 is 1.56 bits per heavy atom. The third-order valence-corrected chi connectivity index (χ3v) is 2.76. The Kier molecular flexibility index (Phi) is 2.94. The van der Waals surface area contributed by atoms with Crippen molar-refractivity contribution >= 4 is 11.8 Å². The average molecular weight is 222 g/mol. The van der Waals surface area contributed by atoms with Gasteiger partial charge in [-0.1, -0.05) is 0 Å². The van der Waals surface area contributed by atoms with E-state index in [1.807, 2.05) is 12.1 Å². The molecule has 2 heterocycles. The average Bonchev–Trinajstić information content (AvgIpc) is 2.77. The van der Waals surface area contributed by atoms with Crippen molar-refractivity contribution in [2.24, 2.45) is 0 Å². The molecule has 1 aliphatic rings. The molecular weight excluding hydrogens is 208 g/mol. The van der Waals surface area contributed by atoms with Crippen molar-refractivity contribution in [3.8, 4) is 0 Å². The van der Waals surface area contributed by atoms with E-state index in [2.05, 4.69) is 5.32 Å². The number of carbonyl (C=O) groups is 2. The number of carbonyl (C=O) groups excluding carboxylic acids is 2. The predicted octanol–water partition coefficient (Wildman–Crippen LogP) is 0.169.